The Balaban J connectivity index is 3.59. The summed E-state index contributed by atoms with van der Waals surface area (Å²) < 4.78 is 0. The zero-order valence-electron chi connectivity index (χ0n) is 8.33. The number of aliphatic hydroxyl groups excluding tert-OH is 1. The molecule has 0 aliphatic heterocycles. The van der Waals surface area contributed by atoms with Gasteiger partial charge in [0.25, 0.3) is 0 Å². The molecule has 0 aliphatic rings. The molecule has 0 unspecified atom stereocenters. The standard InChI is InChI=1S/C9H20N2OS/c1-2-3-5-11(7-8-12)6-4-9(10)13/h12H,2-8H2,1H3,(H2,10,13). The highest BCUT2D eigenvalue weighted by atomic mass is 32.1. The fraction of sp³-hybridized carbons (Fsp3) is 0.889. The quantitative estimate of drug-likeness (QED) is 0.573. The second kappa shape index (κ2) is 8.41. The number of hydrogen-bond acceptors (Lipinski definition) is 3. The van der Waals surface area contributed by atoms with Gasteiger partial charge in [0.05, 0.1) is 11.6 Å². The van der Waals surface area contributed by atoms with Gasteiger partial charge in [0.2, 0.25) is 0 Å². The third-order valence-corrected chi connectivity index (χ3v) is 2.12. The molecule has 0 amide bonds. The lowest BCUT2D eigenvalue weighted by Gasteiger charge is -2.20. The molecule has 0 spiro atoms. The number of hydrogen-bond donors (Lipinski definition) is 2. The molecule has 0 fully saturated rings. The van der Waals surface area contributed by atoms with E-state index < -0.39 is 0 Å². The third-order valence-electron chi connectivity index (χ3n) is 1.92. The molecule has 4 heteroatoms. The van der Waals surface area contributed by atoms with E-state index in [0.717, 1.165) is 32.5 Å². The van der Waals surface area contributed by atoms with Crippen LogP contribution in [0, 0.1) is 0 Å². The Morgan fingerprint density at radius 3 is 2.54 bits per heavy atom. The maximum absolute atomic E-state index is 8.80. The van der Waals surface area contributed by atoms with Gasteiger partial charge in [0.1, 0.15) is 0 Å². The highest BCUT2D eigenvalue weighted by Gasteiger charge is 2.03. The fourth-order valence-corrected chi connectivity index (χ4v) is 1.22. The van der Waals surface area contributed by atoms with E-state index in [1.807, 2.05) is 0 Å². The van der Waals surface area contributed by atoms with Crippen LogP contribution in [-0.2, 0) is 0 Å². The van der Waals surface area contributed by atoms with Crippen molar-refractivity contribution in [2.75, 3.05) is 26.2 Å². The Kier molecular flexibility index (Phi) is 8.29. The smallest absolute Gasteiger partial charge is 0.0740 e. The van der Waals surface area contributed by atoms with E-state index in [0.29, 0.717) is 4.99 Å². The Hall–Kier alpha value is -0.190. The first-order valence-electron chi connectivity index (χ1n) is 4.82. The monoisotopic (exact) mass is 204 g/mol. The Bertz CT molecular complexity index is 142. The van der Waals surface area contributed by atoms with Gasteiger partial charge < -0.3 is 15.7 Å². The lowest BCUT2D eigenvalue weighted by atomic mass is 10.3. The van der Waals surface area contributed by atoms with Crippen LogP contribution in [0.25, 0.3) is 0 Å². The van der Waals surface area contributed by atoms with E-state index in [9.17, 15) is 0 Å². The van der Waals surface area contributed by atoms with Crippen LogP contribution in [-0.4, -0.2) is 41.2 Å². The van der Waals surface area contributed by atoms with Gasteiger partial charge in [-0.05, 0) is 13.0 Å². The first-order valence-corrected chi connectivity index (χ1v) is 5.23. The van der Waals surface area contributed by atoms with Gasteiger partial charge in [-0.3, -0.25) is 0 Å². The first-order chi connectivity index (χ1) is 6.20. The summed E-state index contributed by atoms with van der Waals surface area (Å²) in [6.07, 6.45) is 3.09. The van der Waals surface area contributed by atoms with Crippen molar-refractivity contribution in [3.8, 4) is 0 Å². The van der Waals surface area contributed by atoms with E-state index >= 15 is 0 Å². The highest BCUT2D eigenvalue weighted by molar-refractivity contribution is 7.80. The van der Waals surface area contributed by atoms with Gasteiger partial charge in [-0.15, -0.1) is 0 Å². The minimum absolute atomic E-state index is 0.209. The fourth-order valence-electron chi connectivity index (χ4n) is 1.13. The van der Waals surface area contributed by atoms with Crippen molar-refractivity contribution in [3.05, 3.63) is 0 Å². The summed E-state index contributed by atoms with van der Waals surface area (Å²) in [6.45, 7) is 4.99. The van der Waals surface area contributed by atoms with Gasteiger partial charge in [-0.2, -0.15) is 0 Å². The molecule has 0 radical (unpaired) electrons. The van der Waals surface area contributed by atoms with Crippen LogP contribution >= 0.6 is 12.2 Å². The number of rotatable bonds is 8. The molecule has 0 aromatic heterocycles. The molecule has 0 rings (SSSR count). The number of unbranched alkanes of at least 4 members (excludes halogenated alkanes) is 1. The number of thiocarbonyl (C=S) groups is 1. The number of aliphatic hydroxyl groups is 1. The third kappa shape index (κ3) is 8.15. The number of nitrogens with zero attached hydrogens (tertiary/aromatic N) is 1. The predicted molar refractivity (Wildman–Crippen MR) is 59.8 cm³/mol. The summed E-state index contributed by atoms with van der Waals surface area (Å²) in [7, 11) is 0. The Labute approximate surface area is 85.9 Å². The summed E-state index contributed by atoms with van der Waals surface area (Å²) in [5, 5.41) is 8.80. The molecule has 0 atom stereocenters. The summed E-state index contributed by atoms with van der Waals surface area (Å²) in [5.74, 6) is 0. The van der Waals surface area contributed by atoms with Crippen LogP contribution in [0.1, 0.15) is 26.2 Å². The van der Waals surface area contributed by atoms with Gasteiger partial charge in [0.15, 0.2) is 0 Å². The van der Waals surface area contributed by atoms with Crippen LogP contribution in [0.15, 0.2) is 0 Å². The van der Waals surface area contributed by atoms with Gasteiger partial charge in [0, 0.05) is 19.5 Å². The molecular weight excluding hydrogens is 184 g/mol. The van der Waals surface area contributed by atoms with Gasteiger partial charge in [-0.25, -0.2) is 0 Å². The van der Waals surface area contributed by atoms with E-state index in [1.54, 1.807) is 0 Å². The van der Waals surface area contributed by atoms with Crippen molar-refractivity contribution in [2.45, 2.75) is 26.2 Å². The lowest BCUT2D eigenvalue weighted by molar-refractivity contribution is 0.197. The Morgan fingerprint density at radius 2 is 2.08 bits per heavy atom. The Morgan fingerprint density at radius 1 is 1.38 bits per heavy atom. The van der Waals surface area contributed by atoms with E-state index in [4.69, 9.17) is 23.1 Å². The average Bonchev–Trinajstić information content (AvgIpc) is 2.09. The molecule has 13 heavy (non-hydrogen) atoms. The zero-order valence-corrected chi connectivity index (χ0v) is 9.15. The summed E-state index contributed by atoms with van der Waals surface area (Å²) in [5.41, 5.74) is 5.41. The largest absolute Gasteiger partial charge is 0.395 e. The van der Waals surface area contributed by atoms with Crippen molar-refractivity contribution < 1.29 is 5.11 Å². The molecule has 0 saturated heterocycles. The van der Waals surface area contributed by atoms with Crippen LogP contribution in [0.5, 0.6) is 0 Å². The zero-order chi connectivity index (χ0) is 10.1. The van der Waals surface area contributed by atoms with Crippen LogP contribution in [0.2, 0.25) is 0 Å². The second-order valence-corrected chi connectivity index (χ2v) is 3.66. The van der Waals surface area contributed by atoms with Crippen molar-refractivity contribution in [1.82, 2.24) is 4.90 Å². The van der Waals surface area contributed by atoms with Crippen molar-refractivity contribution in [2.24, 2.45) is 5.73 Å². The molecule has 3 N–H and O–H groups in total. The van der Waals surface area contributed by atoms with Crippen molar-refractivity contribution in [3.63, 3.8) is 0 Å². The average molecular weight is 204 g/mol. The van der Waals surface area contributed by atoms with Crippen LogP contribution in [0.3, 0.4) is 0 Å². The maximum atomic E-state index is 8.80. The summed E-state index contributed by atoms with van der Waals surface area (Å²) >= 11 is 4.80. The summed E-state index contributed by atoms with van der Waals surface area (Å²) in [6, 6.07) is 0. The lowest BCUT2D eigenvalue weighted by Crippen LogP contribution is -2.31. The van der Waals surface area contributed by atoms with Crippen molar-refractivity contribution >= 4 is 17.2 Å². The SMILES string of the molecule is CCCCN(CCO)CCC(N)=S. The first kappa shape index (κ1) is 12.8. The molecule has 0 saturated carbocycles. The molecular formula is C9H20N2OS. The van der Waals surface area contributed by atoms with E-state index in [1.165, 1.54) is 6.42 Å². The molecule has 0 heterocycles. The van der Waals surface area contributed by atoms with Gasteiger partial charge >= 0.3 is 0 Å². The molecule has 3 nitrogen and oxygen atoms in total. The molecule has 78 valence electrons. The second-order valence-electron chi connectivity index (χ2n) is 3.14. The molecule has 0 aromatic rings. The topological polar surface area (TPSA) is 49.5 Å². The van der Waals surface area contributed by atoms with Crippen LogP contribution < -0.4 is 5.73 Å². The van der Waals surface area contributed by atoms with E-state index in [2.05, 4.69) is 11.8 Å². The molecule has 0 bridgehead atoms. The maximum Gasteiger partial charge on any atom is 0.0740 e. The van der Waals surface area contributed by atoms with Crippen molar-refractivity contribution in [1.29, 1.82) is 0 Å². The normalized spacial score (nSPS) is 10.7. The highest BCUT2D eigenvalue weighted by Crippen LogP contribution is 1.96. The van der Waals surface area contributed by atoms with Crippen LogP contribution in [0.4, 0.5) is 0 Å². The predicted octanol–water partition coefficient (Wildman–Crippen LogP) is 0.757. The van der Waals surface area contributed by atoms with E-state index in [-0.39, 0.29) is 6.61 Å². The molecule has 0 aromatic carbocycles. The van der Waals surface area contributed by atoms with Gasteiger partial charge in [-0.1, -0.05) is 25.6 Å². The summed E-state index contributed by atoms with van der Waals surface area (Å²) in [4.78, 5) is 2.75. The molecule has 0 aliphatic carbocycles. The minimum atomic E-state index is 0.209. The number of nitrogens with two attached hydrogens (primary N) is 1. The minimum Gasteiger partial charge on any atom is -0.395 e.